The maximum Gasteiger partial charge on any atom is 0.352 e. The van der Waals surface area contributed by atoms with E-state index >= 15 is 0 Å². The number of ether oxygens (including phenoxy) is 1. The van der Waals surface area contributed by atoms with Crippen LogP contribution in [0.5, 0.6) is 5.75 Å². The molecule has 1 unspecified atom stereocenters. The molecule has 10 heteroatoms. The Kier molecular flexibility index (Phi) is 6.26. The van der Waals surface area contributed by atoms with E-state index in [1.807, 2.05) is 0 Å². The molecule has 0 saturated carbocycles. The molecule has 1 saturated heterocycles. The standard InChI is InChI=1S/C19H21N3O6S/c1-28-8-2-3-11-9-29-18-14(17(25)22(18)15(11)19(26)27)21-16(24)13(20)10-4-6-12(23)7-5-10/h2-7,13-14,18,23H,8-9,20H2,1H3,(H,21,24)(H,26,27)/t13?,14-,18+/m1/s1. The number of thioether (sulfide) groups is 1. The summed E-state index contributed by atoms with van der Waals surface area (Å²) >= 11 is 1.37. The maximum absolute atomic E-state index is 12.6. The summed E-state index contributed by atoms with van der Waals surface area (Å²) in [5, 5.41) is 21.0. The number of carboxylic acid groups (broad SMARTS) is 1. The molecule has 0 radical (unpaired) electrons. The van der Waals surface area contributed by atoms with Gasteiger partial charge in [-0.3, -0.25) is 14.5 Å². The zero-order valence-corrected chi connectivity index (χ0v) is 16.4. The van der Waals surface area contributed by atoms with Crippen LogP contribution in [-0.2, 0) is 19.1 Å². The lowest BCUT2D eigenvalue weighted by Crippen LogP contribution is -2.71. The van der Waals surface area contributed by atoms with Crippen molar-refractivity contribution in [2.24, 2.45) is 5.73 Å². The summed E-state index contributed by atoms with van der Waals surface area (Å²) < 4.78 is 4.92. The quantitative estimate of drug-likeness (QED) is 0.463. The molecule has 3 atom stereocenters. The van der Waals surface area contributed by atoms with Crippen molar-refractivity contribution in [3.05, 3.63) is 53.3 Å². The van der Waals surface area contributed by atoms with Crippen LogP contribution in [0.15, 0.2) is 47.7 Å². The molecule has 0 aliphatic carbocycles. The number of hydrogen-bond donors (Lipinski definition) is 4. The Morgan fingerprint density at radius 3 is 2.72 bits per heavy atom. The number of rotatable bonds is 7. The van der Waals surface area contributed by atoms with Crippen LogP contribution < -0.4 is 11.1 Å². The molecule has 2 amide bonds. The van der Waals surface area contributed by atoms with Crippen molar-refractivity contribution < 1.29 is 29.3 Å². The fourth-order valence-electron chi connectivity index (χ4n) is 3.13. The first kappa shape index (κ1) is 20.9. The molecule has 0 aromatic heterocycles. The molecule has 2 aliphatic heterocycles. The third kappa shape index (κ3) is 4.14. The Morgan fingerprint density at radius 2 is 2.10 bits per heavy atom. The largest absolute Gasteiger partial charge is 0.508 e. The van der Waals surface area contributed by atoms with E-state index in [0.717, 1.165) is 0 Å². The number of amides is 2. The number of aromatic hydroxyl groups is 1. The number of phenols is 1. The van der Waals surface area contributed by atoms with Gasteiger partial charge in [-0.25, -0.2) is 4.79 Å². The van der Waals surface area contributed by atoms with E-state index in [2.05, 4.69) is 5.32 Å². The Labute approximate surface area is 171 Å². The molecule has 3 rings (SSSR count). The molecule has 9 nitrogen and oxygen atoms in total. The van der Waals surface area contributed by atoms with E-state index in [4.69, 9.17) is 10.5 Å². The first-order valence-electron chi connectivity index (χ1n) is 8.76. The second-order valence-corrected chi connectivity index (χ2v) is 7.61. The lowest BCUT2D eigenvalue weighted by Gasteiger charge is -2.49. The molecule has 154 valence electrons. The number of carbonyl (C=O) groups excluding carboxylic acids is 2. The third-order valence-electron chi connectivity index (χ3n) is 4.61. The lowest BCUT2D eigenvalue weighted by molar-refractivity contribution is -0.150. The van der Waals surface area contributed by atoms with Crippen molar-refractivity contribution in [1.29, 1.82) is 0 Å². The number of hydrogen-bond acceptors (Lipinski definition) is 7. The molecule has 2 heterocycles. The van der Waals surface area contributed by atoms with Crippen LogP contribution in [-0.4, -0.2) is 63.8 Å². The van der Waals surface area contributed by atoms with Gasteiger partial charge in [0.05, 0.1) is 6.61 Å². The van der Waals surface area contributed by atoms with Crippen LogP contribution in [0.1, 0.15) is 11.6 Å². The Bertz CT molecular complexity index is 882. The number of carbonyl (C=O) groups is 3. The monoisotopic (exact) mass is 419 g/mol. The number of fused-ring (bicyclic) bond motifs is 1. The van der Waals surface area contributed by atoms with E-state index in [-0.39, 0.29) is 11.4 Å². The summed E-state index contributed by atoms with van der Waals surface area (Å²) in [4.78, 5) is 38.0. The SMILES string of the molecule is COCC=CC1=C(C(=O)O)N2C(=O)[C@@H](NC(=O)C(N)c3ccc(O)cc3)[C@@H]2SC1. The summed E-state index contributed by atoms with van der Waals surface area (Å²) in [6.45, 7) is 0.326. The van der Waals surface area contributed by atoms with Gasteiger partial charge in [-0.05, 0) is 23.3 Å². The minimum atomic E-state index is -1.20. The number of β-lactam (4-membered cyclic amide) rings is 1. The predicted octanol–water partition coefficient (Wildman–Crippen LogP) is 0.333. The summed E-state index contributed by atoms with van der Waals surface area (Å²) in [7, 11) is 1.53. The molecular weight excluding hydrogens is 398 g/mol. The predicted molar refractivity (Wildman–Crippen MR) is 106 cm³/mol. The number of carboxylic acids is 1. The fraction of sp³-hybridized carbons (Fsp3) is 0.316. The van der Waals surface area contributed by atoms with Crippen LogP contribution in [0.2, 0.25) is 0 Å². The van der Waals surface area contributed by atoms with Gasteiger partial charge in [-0.15, -0.1) is 11.8 Å². The van der Waals surface area contributed by atoms with Crippen LogP contribution in [0.4, 0.5) is 0 Å². The van der Waals surface area contributed by atoms with Gasteiger partial charge < -0.3 is 26.0 Å². The van der Waals surface area contributed by atoms with Crippen molar-refractivity contribution in [3.63, 3.8) is 0 Å². The van der Waals surface area contributed by atoms with Crippen LogP contribution in [0.3, 0.4) is 0 Å². The second kappa shape index (κ2) is 8.68. The number of aliphatic carboxylic acids is 1. The normalized spacial score (nSPS) is 22.3. The molecule has 1 fully saturated rings. The molecular formula is C19H21N3O6S. The van der Waals surface area contributed by atoms with Crippen molar-refractivity contribution in [3.8, 4) is 5.75 Å². The minimum Gasteiger partial charge on any atom is -0.508 e. The first-order chi connectivity index (χ1) is 13.8. The van der Waals surface area contributed by atoms with Crippen molar-refractivity contribution in [2.75, 3.05) is 19.5 Å². The van der Waals surface area contributed by atoms with E-state index in [1.165, 1.54) is 48.0 Å². The first-order valence-corrected chi connectivity index (χ1v) is 9.81. The van der Waals surface area contributed by atoms with Crippen molar-refractivity contribution >= 4 is 29.5 Å². The van der Waals surface area contributed by atoms with Gasteiger partial charge in [-0.1, -0.05) is 24.3 Å². The number of phenolic OH excluding ortho intramolecular Hbond substituents is 1. The van der Waals surface area contributed by atoms with E-state index < -0.39 is 35.2 Å². The number of nitrogens with two attached hydrogens (primary N) is 1. The second-order valence-electron chi connectivity index (χ2n) is 6.50. The van der Waals surface area contributed by atoms with Crippen LogP contribution >= 0.6 is 11.8 Å². The fourth-order valence-corrected chi connectivity index (χ4v) is 4.45. The van der Waals surface area contributed by atoms with Gasteiger partial charge in [0.25, 0.3) is 5.91 Å². The van der Waals surface area contributed by atoms with Gasteiger partial charge in [0, 0.05) is 12.9 Å². The number of benzene rings is 1. The minimum absolute atomic E-state index is 0.0492. The summed E-state index contributed by atoms with van der Waals surface area (Å²) in [5.41, 5.74) is 6.85. The lowest BCUT2D eigenvalue weighted by atomic mass is 10.0. The molecule has 0 spiro atoms. The number of methoxy groups -OCH3 is 1. The topological polar surface area (TPSA) is 142 Å². The molecule has 5 N–H and O–H groups in total. The van der Waals surface area contributed by atoms with Crippen molar-refractivity contribution in [1.82, 2.24) is 10.2 Å². The number of allylic oxidation sites excluding steroid dienone is 1. The van der Waals surface area contributed by atoms with Gasteiger partial charge in [0.1, 0.15) is 28.9 Å². The number of nitrogens with zero attached hydrogens (tertiary/aromatic N) is 1. The summed E-state index contributed by atoms with van der Waals surface area (Å²) in [5.74, 6) is -1.82. The zero-order valence-electron chi connectivity index (χ0n) is 15.6. The molecule has 0 bridgehead atoms. The Hall–Kier alpha value is -2.82. The molecule has 29 heavy (non-hydrogen) atoms. The maximum atomic E-state index is 12.6. The highest BCUT2D eigenvalue weighted by Gasteiger charge is 2.54. The third-order valence-corrected chi connectivity index (χ3v) is 5.92. The molecule has 2 aliphatic rings. The van der Waals surface area contributed by atoms with Gasteiger partial charge >= 0.3 is 5.97 Å². The highest BCUT2D eigenvalue weighted by atomic mass is 32.2. The van der Waals surface area contributed by atoms with Crippen molar-refractivity contribution in [2.45, 2.75) is 17.5 Å². The number of nitrogens with one attached hydrogen (secondary N) is 1. The van der Waals surface area contributed by atoms with Gasteiger partial charge in [0.2, 0.25) is 5.91 Å². The zero-order chi connectivity index (χ0) is 21.1. The Morgan fingerprint density at radius 1 is 1.41 bits per heavy atom. The highest BCUT2D eigenvalue weighted by Crippen LogP contribution is 2.40. The molecule has 1 aromatic carbocycles. The Balaban J connectivity index is 1.72. The van der Waals surface area contributed by atoms with E-state index in [1.54, 1.807) is 12.2 Å². The molecule has 1 aromatic rings. The van der Waals surface area contributed by atoms with Gasteiger partial charge in [-0.2, -0.15) is 0 Å². The van der Waals surface area contributed by atoms with Crippen LogP contribution in [0, 0.1) is 0 Å². The van der Waals surface area contributed by atoms with E-state index in [0.29, 0.717) is 23.5 Å². The average Bonchev–Trinajstić information content (AvgIpc) is 2.71. The summed E-state index contributed by atoms with van der Waals surface area (Å²) in [6, 6.07) is 4.00. The highest BCUT2D eigenvalue weighted by molar-refractivity contribution is 8.00. The van der Waals surface area contributed by atoms with Crippen LogP contribution in [0.25, 0.3) is 0 Å². The van der Waals surface area contributed by atoms with Gasteiger partial charge in [0.15, 0.2) is 0 Å². The average molecular weight is 419 g/mol. The summed E-state index contributed by atoms with van der Waals surface area (Å²) in [6.07, 6.45) is 3.31. The smallest absolute Gasteiger partial charge is 0.352 e. The van der Waals surface area contributed by atoms with E-state index in [9.17, 15) is 24.6 Å².